The normalized spacial score (nSPS) is 12.8. The van der Waals surface area contributed by atoms with Crippen LogP contribution in [0.15, 0.2) is 18.2 Å². The molecule has 4 heteroatoms. The van der Waals surface area contributed by atoms with E-state index in [9.17, 15) is 0 Å². The molecular formula is C11H15Cl2NO. The van der Waals surface area contributed by atoms with Crippen LogP contribution < -0.4 is 5.32 Å². The molecule has 0 radical (unpaired) electrons. The van der Waals surface area contributed by atoms with E-state index in [1.54, 1.807) is 6.07 Å². The number of halogens is 2. The number of aliphatic hydroxyl groups is 1. The molecule has 1 unspecified atom stereocenters. The van der Waals surface area contributed by atoms with Crippen molar-refractivity contribution >= 4 is 23.2 Å². The Balaban J connectivity index is 2.89. The zero-order chi connectivity index (χ0) is 11.3. The van der Waals surface area contributed by atoms with Crippen LogP contribution in [0.1, 0.15) is 24.9 Å². The fraction of sp³-hybridized carbons (Fsp3) is 0.455. The molecule has 15 heavy (non-hydrogen) atoms. The predicted octanol–water partition coefficient (Wildman–Crippen LogP) is 3.03. The van der Waals surface area contributed by atoms with Crippen LogP contribution in [0.2, 0.25) is 10.0 Å². The lowest BCUT2D eigenvalue weighted by Gasteiger charge is -2.18. The third-order valence-electron chi connectivity index (χ3n) is 2.21. The van der Waals surface area contributed by atoms with Crippen LogP contribution in [-0.4, -0.2) is 18.3 Å². The lowest BCUT2D eigenvalue weighted by atomic mass is 10.0. The Hall–Kier alpha value is -0.280. The van der Waals surface area contributed by atoms with Gasteiger partial charge in [0.2, 0.25) is 0 Å². The molecule has 84 valence electrons. The number of rotatable bonds is 5. The number of hydrogen-bond acceptors (Lipinski definition) is 2. The average molecular weight is 248 g/mol. The van der Waals surface area contributed by atoms with Gasteiger partial charge in [-0.05, 0) is 30.7 Å². The van der Waals surface area contributed by atoms with Gasteiger partial charge in [0.1, 0.15) is 0 Å². The second kappa shape index (κ2) is 6.33. The Morgan fingerprint density at radius 2 is 2.13 bits per heavy atom. The molecule has 0 aromatic heterocycles. The fourth-order valence-electron chi connectivity index (χ4n) is 1.53. The first-order valence-corrected chi connectivity index (χ1v) is 5.73. The summed E-state index contributed by atoms with van der Waals surface area (Å²) in [6.07, 6.45) is 0.648. The molecule has 1 atom stereocenters. The van der Waals surface area contributed by atoms with Gasteiger partial charge >= 0.3 is 0 Å². The molecule has 0 saturated carbocycles. The largest absolute Gasteiger partial charge is 0.396 e. The average Bonchev–Trinajstić information content (AvgIpc) is 2.17. The second-order valence-electron chi connectivity index (χ2n) is 3.29. The van der Waals surface area contributed by atoms with E-state index in [0.717, 1.165) is 12.1 Å². The van der Waals surface area contributed by atoms with E-state index in [1.165, 1.54) is 0 Å². The van der Waals surface area contributed by atoms with Crippen molar-refractivity contribution in [2.75, 3.05) is 13.2 Å². The molecule has 0 aliphatic carbocycles. The summed E-state index contributed by atoms with van der Waals surface area (Å²) in [5, 5.41) is 13.5. The molecule has 0 saturated heterocycles. The summed E-state index contributed by atoms with van der Waals surface area (Å²) in [7, 11) is 0. The third-order valence-corrected chi connectivity index (χ3v) is 2.77. The lowest BCUT2D eigenvalue weighted by Crippen LogP contribution is -2.22. The van der Waals surface area contributed by atoms with Gasteiger partial charge in [-0.1, -0.05) is 36.2 Å². The SMILES string of the molecule is CCNC(CCO)c1ccc(Cl)cc1Cl. The predicted molar refractivity (Wildman–Crippen MR) is 64.6 cm³/mol. The van der Waals surface area contributed by atoms with Gasteiger partial charge in [-0.2, -0.15) is 0 Å². The quantitative estimate of drug-likeness (QED) is 0.839. The molecule has 0 aliphatic rings. The molecule has 1 aromatic carbocycles. The molecule has 0 amide bonds. The Morgan fingerprint density at radius 3 is 2.67 bits per heavy atom. The zero-order valence-electron chi connectivity index (χ0n) is 8.63. The van der Waals surface area contributed by atoms with E-state index in [1.807, 2.05) is 19.1 Å². The maximum atomic E-state index is 8.96. The van der Waals surface area contributed by atoms with Crippen LogP contribution in [-0.2, 0) is 0 Å². The van der Waals surface area contributed by atoms with Gasteiger partial charge in [-0.25, -0.2) is 0 Å². The van der Waals surface area contributed by atoms with E-state index < -0.39 is 0 Å². The van der Waals surface area contributed by atoms with Crippen LogP contribution in [0.4, 0.5) is 0 Å². The van der Waals surface area contributed by atoms with Gasteiger partial charge in [-0.15, -0.1) is 0 Å². The van der Waals surface area contributed by atoms with Crippen molar-refractivity contribution in [2.45, 2.75) is 19.4 Å². The standard InChI is InChI=1S/C11H15Cl2NO/c1-2-14-11(5-6-15)9-4-3-8(12)7-10(9)13/h3-4,7,11,14-15H,2,5-6H2,1H3. The van der Waals surface area contributed by atoms with Crippen molar-refractivity contribution < 1.29 is 5.11 Å². The Morgan fingerprint density at radius 1 is 1.40 bits per heavy atom. The minimum atomic E-state index is 0.0877. The van der Waals surface area contributed by atoms with Crippen LogP contribution in [0.5, 0.6) is 0 Å². The molecule has 0 heterocycles. The van der Waals surface area contributed by atoms with E-state index in [-0.39, 0.29) is 12.6 Å². The molecule has 1 aromatic rings. The van der Waals surface area contributed by atoms with Crippen LogP contribution in [0.3, 0.4) is 0 Å². The summed E-state index contributed by atoms with van der Waals surface area (Å²) in [6.45, 7) is 2.99. The highest BCUT2D eigenvalue weighted by molar-refractivity contribution is 6.35. The van der Waals surface area contributed by atoms with Crippen LogP contribution in [0, 0.1) is 0 Å². The molecule has 2 nitrogen and oxygen atoms in total. The zero-order valence-corrected chi connectivity index (χ0v) is 10.1. The van der Waals surface area contributed by atoms with Crippen molar-refractivity contribution in [2.24, 2.45) is 0 Å². The molecule has 0 spiro atoms. The monoisotopic (exact) mass is 247 g/mol. The minimum absolute atomic E-state index is 0.0877. The highest BCUT2D eigenvalue weighted by Gasteiger charge is 2.13. The maximum absolute atomic E-state index is 8.96. The number of aliphatic hydroxyl groups excluding tert-OH is 1. The van der Waals surface area contributed by atoms with Crippen molar-refractivity contribution in [1.82, 2.24) is 5.32 Å². The molecule has 0 aliphatic heterocycles. The summed E-state index contributed by atoms with van der Waals surface area (Å²) >= 11 is 11.9. The van der Waals surface area contributed by atoms with Gasteiger partial charge in [0.25, 0.3) is 0 Å². The number of nitrogens with one attached hydrogen (secondary N) is 1. The fourth-order valence-corrected chi connectivity index (χ4v) is 2.07. The Labute approximate surface area is 100 Å². The molecule has 0 bridgehead atoms. The van der Waals surface area contributed by atoms with Crippen LogP contribution >= 0.6 is 23.2 Å². The summed E-state index contributed by atoms with van der Waals surface area (Å²) in [6, 6.07) is 5.52. The van der Waals surface area contributed by atoms with E-state index in [2.05, 4.69) is 5.32 Å². The van der Waals surface area contributed by atoms with Crippen molar-refractivity contribution in [1.29, 1.82) is 0 Å². The topological polar surface area (TPSA) is 32.3 Å². The summed E-state index contributed by atoms with van der Waals surface area (Å²) < 4.78 is 0. The van der Waals surface area contributed by atoms with E-state index in [0.29, 0.717) is 16.5 Å². The van der Waals surface area contributed by atoms with Gasteiger partial charge in [-0.3, -0.25) is 0 Å². The number of benzene rings is 1. The van der Waals surface area contributed by atoms with E-state index in [4.69, 9.17) is 28.3 Å². The number of hydrogen-bond donors (Lipinski definition) is 2. The Kier molecular flexibility index (Phi) is 5.40. The minimum Gasteiger partial charge on any atom is -0.396 e. The van der Waals surface area contributed by atoms with Gasteiger partial charge in [0.05, 0.1) is 0 Å². The first-order chi connectivity index (χ1) is 7.19. The summed E-state index contributed by atoms with van der Waals surface area (Å²) in [5.41, 5.74) is 0.983. The smallest absolute Gasteiger partial charge is 0.0468 e. The second-order valence-corrected chi connectivity index (χ2v) is 4.13. The molecular weight excluding hydrogens is 233 g/mol. The lowest BCUT2D eigenvalue weighted by molar-refractivity contribution is 0.266. The highest BCUT2D eigenvalue weighted by Crippen LogP contribution is 2.27. The highest BCUT2D eigenvalue weighted by atomic mass is 35.5. The summed E-state index contributed by atoms with van der Waals surface area (Å²) in [5.74, 6) is 0. The van der Waals surface area contributed by atoms with Crippen molar-refractivity contribution in [3.8, 4) is 0 Å². The van der Waals surface area contributed by atoms with E-state index >= 15 is 0 Å². The maximum Gasteiger partial charge on any atom is 0.0468 e. The van der Waals surface area contributed by atoms with Crippen LogP contribution in [0.25, 0.3) is 0 Å². The first kappa shape index (κ1) is 12.8. The molecule has 0 fully saturated rings. The summed E-state index contributed by atoms with van der Waals surface area (Å²) in [4.78, 5) is 0. The van der Waals surface area contributed by atoms with Crippen molar-refractivity contribution in [3.05, 3.63) is 33.8 Å². The molecule has 1 rings (SSSR count). The Bertz CT molecular complexity index is 311. The first-order valence-electron chi connectivity index (χ1n) is 4.98. The van der Waals surface area contributed by atoms with Gasteiger partial charge in [0.15, 0.2) is 0 Å². The van der Waals surface area contributed by atoms with Crippen molar-refractivity contribution in [3.63, 3.8) is 0 Å². The third kappa shape index (κ3) is 3.65. The van der Waals surface area contributed by atoms with Gasteiger partial charge in [0, 0.05) is 22.7 Å². The molecule has 2 N–H and O–H groups in total. The van der Waals surface area contributed by atoms with Gasteiger partial charge < -0.3 is 10.4 Å².